The van der Waals surface area contributed by atoms with Crippen LogP contribution in [-0.2, 0) is 9.47 Å². The SMILES string of the molecule is CCOC(=O)c1sc(NCC2CCCCO2)c(OC)c1N. The molecule has 0 aromatic carbocycles. The van der Waals surface area contributed by atoms with E-state index in [4.69, 9.17) is 19.9 Å². The van der Waals surface area contributed by atoms with Crippen LogP contribution in [0.5, 0.6) is 5.75 Å². The van der Waals surface area contributed by atoms with Crippen molar-refractivity contribution < 1.29 is 19.0 Å². The van der Waals surface area contributed by atoms with E-state index in [9.17, 15) is 4.79 Å². The van der Waals surface area contributed by atoms with E-state index in [1.165, 1.54) is 24.9 Å². The summed E-state index contributed by atoms with van der Waals surface area (Å²) in [7, 11) is 1.54. The number of hydrogen-bond donors (Lipinski definition) is 2. The van der Waals surface area contributed by atoms with Gasteiger partial charge in [-0.2, -0.15) is 0 Å². The van der Waals surface area contributed by atoms with E-state index in [2.05, 4.69) is 5.32 Å². The van der Waals surface area contributed by atoms with Gasteiger partial charge in [-0.05, 0) is 26.2 Å². The lowest BCUT2D eigenvalue weighted by atomic mass is 10.1. The summed E-state index contributed by atoms with van der Waals surface area (Å²) in [5.74, 6) is 0.0825. The van der Waals surface area contributed by atoms with Gasteiger partial charge in [0.2, 0.25) is 0 Å². The number of esters is 1. The van der Waals surface area contributed by atoms with E-state index in [0.717, 1.165) is 24.4 Å². The normalized spacial score (nSPS) is 18.3. The topological polar surface area (TPSA) is 82.8 Å². The van der Waals surface area contributed by atoms with Gasteiger partial charge in [-0.25, -0.2) is 4.79 Å². The zero-order chi connectivity index (χ0) is 15.2. The summed E-state index contributed by atoms with van der Waals surface area (Å²) >= 11 is 1.26. The maximum Gasteiger partial charge on any atom is 0.350 e. The number of carbonyl (C=O) groups is 1. The third-order valence-corrected chi connectivity index (χ3v) is 4.45. The Morgan fingerprint density at radius 1 is 1.52 bits per heavy atom. The molecule has 0 spiro atoms. The molecule has 1 aromatic heterocycles. The van der Waals surface area contributed by atoms with Gasteiger partial charge in [0.15, 0.2) is 5.75 Å². The van der Waals surface area contributed by atoms with Crippen molar-refractivity contribution in [3.8, 4) is 5.75 Å². The second kappa shape index (κ2) is 7.51. The van der Waals surface area contributed by atoms with Crippen LogP contribution in [0.15, 0.2) is 0 Å². The highest BCUT2D eigenvalue weighted by atomic mass is 32.1. The van der Waals surface area contributed by atoms with E-state index in [-0.39, 0.29) is 6.10 Å². The molecule has 1 aliphatic rings. The number of hydrogen-bond acceptors (Lipinski definition) is 7. The summed E-state index contributed by atoms with van der Waals surface area (Å²) in [6.07, 6.45) is 3.54. The fraction of sp³-hybridized carbons (Fsp3) is 0.643. The summed E-state index contributed by atoms with van der Waals surface area (Å²) in [4.78, 5) is 12.2. The number of thiophene rings is 1. The molecule has 1 aromatic rings. The number of anilines is 2. The smallest absolute Gasteiger partial charge is 0.350 e. The molecule has 2 heterocycles. The average molecular weight is 314 g/mol. The molecule has 0 aliphatic carbocycles. The number of carbonyl (C=O) groups excluding carboxylic acids is 1. The summed E-state index contributed by atoms with van der Waals surface area (Å²) < 4.78 is 16.0. The van der Waals surface area contributed by atoms with E-state index in [1.807, 2.05) is 0 Å². The molecule has 1 saturated heterocycles. The van der Waals surface area contributed by atoms with Crippen LogP contribution >= 0.6 is 11.3 Å². The number of nitrogens with one attached hydrogen (secondary N) is 1. The van der Waals surface area contributed by atoms with E-state index < -0.39 is 5.97 Å². The lowest BCUT2D eigenvalue weighted by Crippen LogP contribution is -2.26. The largest absolute Gasteiger partial charge is 0.492 e. The third kappa shape index (κ3) is 3.79. The van der Waals surface area contributed by atoms with Crippen molar-refractivity contribution in [3.63, 3.8) is 0 Å². The van der Waals surface area contributed by atoms with Crippen molar-refractivity contribution in [2.75, 3.05) is 37.9 Å². The van der Waals surface area contributed by atoms with Gasteiger partial charge in [-0.3, -0.25) is 0 Å². The van der Waals surface area contributed by atoms with Crippen LogP contribution in [0.2, 0.25) is 0 Å². The number of methoxy groups -OCH3 is 1. The molecule has 0 amide bonds. The lowest BCUT2D eigenvalue weighted by Gasteiger charge is -2.23. The van der Waals surface area contributed by atoms with Gasteiger partial charge in [0.1, 0.15) is 15.6 Å². The molecule has 0 bridgehead atoms. The van der Waals surface area contributed by atoms with Gasteiger partial charge in [0.25, 0.3) is 0 Å². The van der Waals surface area contributed by atoms with Crippen molar-refractivity contribution in [1.82, 2.24) is 0 Å². The molecule has 1 fully saturated rings. The van der Waals surface area contributed by atoms with Crippen LogP contribution in [0.25, 0.3) is 0 Å². The molecule has 0 saturated carbocycles. The number of nitrogens with two attached hydrogens (primary N) is 1. The second-order valence-corrected chi connectivity index (χ2v) is 5.82. The maximum absolute atomic E-state index is 11.9. The van der Waals surface area contributed by atoms with Crippen LogP contribution in [0.1, 0.15) is 35.9 Å². The second-order valence-electron chi connectivity index (χ2n) is 4.80. The highest BCUT2D eigenvalue weighted by molar-refractivity contribution is 7.19. The van der Waals surface area contributed by atoms with Crippen molar-refractivity contribution in [3.05, 3.63) is 4.88 Å². The predicted molar refractivity (Wildman–Crippen MR) is 83.3 cm³/mol. The molecule has 1 unspecified atom stereocenters. The third-order valence-electron chi connectivity index (χ3n) is 3.33. The van der Waals surface area contributed by atoms with Crippen molar-refractivity contribution in [2.24, 2.45) is 0 Å². The molecule has 1 atom stereocenters. The lowest BCUT2D eigenvalue weighted by molar-refractivity contribution is 0.0248. The Kier molecular flexibility index (Phi) is 5.69. The minimum absolute atomic E-state index is 0.192. The Bertz CT molecular complexity index is 484. The van der Waals surface area contributed by atoms with E-state index in [0.29, 0.717) is 29.5 Å². The van der Waals surface area contributed by atoms with Crippen molar-refractivity contribution >= 4 is 28.0 Å². The highest BCUT2D eigenvalue weighted by Gasteiger charge is 2.23. The van der Waals surface area contributed by atoms with Crippen LogP contribution < -0.4 is 15.8 Å². The van der Waals surface area contributed by atoms with Gasteiger partial charge in [0.05, 0.1) is 19.8 Å². The Balaban J connectivity index is 2.07. The van der Waals surface area contributed by atoms with Crippen LogP contribution in [0, 0.1) is 0 Å². The molecule has 6 nitrogen and oxygen atoms in total. The average Bonchev–Trinajstić information content (AvgIpc) is 2.82. The number of ether oxygens (including phenoxy) is 3. The molecule has 1 aliphatic heterocycles. The van der Waals surface area contributed by atoms with E-state index in [1.54, 1.807) is 6.92 Å². The molecule has 2 rings (SSSR count). The minimum atomic E-state index is -0.416. The molecular weight excluding hydrogens is 292 g/mol. The van der Waals surface area contributed by atoms with Crippen LogP contribution in [0.3, 0.4) is 0 Å². The van der Waals surface area contributed by atoms with Crippen LogP contribution in [-0.4, -0.2) is 38.9 Å². The molecule has 3 N–H and O–H groups in total. The predicted octanol–water partition coefficient (Wildman–Crippen LogP) is 2.50. The van der Waals surface area contributed by atoms with Gasteiger partial charge < -0.3 is 25.3 Å². The molecule has 7 heteroatoms. The Labute approximate surface area is 128 Å². The Hall–Kier alpha value is -1.47. The summed E-state index contributed by atoms with van der Waals surface area (Å²) in [6.45, 7) is 3.57. The molecule has 0 radical (unpaired) electrons. The fourth-order valence-corrected chi connectivity index (χ4v) is 3.26. The summed E-state index contributed by atoms with van der Waals surface area (Å²) in [5, 5.41) is 4.02. The minimum Gasteiger partial charge on any atom is -0.492 e. The fourth-order valence-electron chi connectivity index (χ4n) is 2.27. The Morgan fingerprint density at radius 2 is 2.33 bits per heavy atom. The first-order valence-corrected chi connectivity index (χ1v) is 7.97. The van der Waals surface area contributed by atoms with Gasteiger partial charge in [-0.15, -0.1) is 11.3 Å². The first-order valence-electron chi connectivity index (χ1n) is 7.16. The molecule has 118 valence electrons. The number of rotatable bonds is 6. The Morgan fingerprint density at radius 3 is 2.95 bits per heavy atom. The highest BCUT2D eigenvalue weighted by Crippen LogP contribution is 2.42. The summed E-state index contributed by atoms with van der Waals surface area (Å²) in [6, 6.07) is 0. The first-order chi connectivity index (χ1) is 10.2. The number of nitrogen functional groups attached to an aromatic ring is 1. The molecular formula is C14H22N2O4S. The first kappa shape index (κ1) is 15.9. The van der Waals surface area contributed by atoms with Crippen molar-refractivity contribution in [1.29, 1.82) is 0 Å². The van der Waals surface area contributed by atoms with Crippen molar-refractivity contribution in [2.45, 2.75) is 32.3 Å². The quantitative estimate of drug-likeness (QED) is 0.785. The van der Waals surface area contributed by atoms with Crippen LogP contribution in [0.4, 0.5) is 10.7 Å². The van der Waals surface area contributed by atoms with Gasteiger partial charge in [0, 0.05) is 13.2 Å². The van der Waals surface area contributed by atoms with Gasteiger partial charge in [-0.1, -0.05) is 0 Å². The standard InChI is InChI=1S/C14H22N2O4S/c1-3-19-14(17)12-10(15)11(18-2)13(21-12)16-8-9-6-4-5-7-20-9/h9,16H,3-8,15H2,1-2H3. The monoisotopic (exact) mass is 314 g/mol. The van der Waals surface area contributed by atoms with Gasteiger partial charge >= 0.3 is 5.97 Å². The molecule has 21 heavy (non-hydrogen) atoms. The summed E-state index contributed by atoms with van der Waals surface area (Å²) in [5.41, 5.74) is 6.29. The van der Waals surface area contributed by atoms with E-state index >= 15 is 0 Å². The zero-order valence-corrected chi connectivity index (χ0v) is 13.3. The zero-order valence-electron chi connectivity index (χ0n) is 12.4. The maximum atomic E-state index is 11.9.